The van der Waals surface area contributed by atoms with Crippen LogP contribution in [0.25, 0.3) is 0 Å². The van der Waals surface area contributed by atoms with Gasteiger partial charge in [-0.2, -0.15) is 0 Å². The third kappa shape index (κ3) is 4.97. The lowest BCUT2D eigenvalue weighted by Crippen LogP contribution is -2.42. The van der Waals surface area contributed by atoms with E-state index in [0.29, 0.717) is 18.5 Å². The van der Waals surface area contributed by atoms with Crippen molar-refractivity contribution in [1.82, 2.24) is 9.55 Å². The Labute approximate surface area is 174 Å². The number of aryl methyl sites for hydroxylation is 2. The van der Waals surface area contributed by atoms with Gasteiger partial charge in [-0.15, -0.1) is 0 Å². The first kappa shape index (κ1) is 22.9. The van der Waals surface area contributed by atoms with Crippen LogP contribution in [-0.2, 0) is 16.1 Å². The summed E-state index contributed by atoms with van der Waals surface area (Å²) in [5.41, 5.74) is 6.84. The van der Waals surface area contributed by atoms with Crippen LogP contribution in [0, 0.1) is 13.8 Å². The van der Waals surface area contributed by atoms with Crippen LogP contribution in [0.15, 0.2) is 27.8 Å². The Bertz CT molecular complexity index is 1050. The van der Waals surface area contributed by atoms with Gasteiger partial charge in [-0.25, -0.2) is 9.59 Å². The normalized spacial score (nSPS) is 10.7. The van der Waals surface area contributed by atoms with Crippen molar-refractivity contribution in [2.45, 2.75) is 47.1 Å². The van der Waals surface area contributed by atoms with E-state index in [0.717, 1.165) is 22.4 Å². The van der Waals surface area contributed by atoms with Gasteiger partial charge in [0.25, 0.3) is 11.5 Å². The number of carbonyl (C=O) groups excluding carboxylic acids is 2. The first-order valence-electron chi connectivity index (χ1n) is 9.88. The molecule has 0 radical (unpaired) electrons. The lowest BCUT2D eigenvalue weighted by atomic mass is 10.1. The molecule has 0 unspecified atom stereocenters. The molecule has 0 aliphatic heterocycles. The number of aromatic amines is 1. The number of H-pyrrole nitrogens is 1. The largest absolute Gasteiger partial charge is 0.452 e. The number of rotatable bonds is 8. The third-order valence-electron chi connectivity index (χ3n) is 4.91. The van der Waals surface area contributed by atoms with Gasteiger partial charge in [0.05, 0.1) is 5.56 Å². The number of anilines is 2. The molecule has 1 amide bonds. The van der Waals surface area contributed by atoms with Gasteiger partial charge in [0.1, 0.15) is 5.82 Å². The van der Waals surface area contributed by atoms with Crippen molar-refractivity contribution in [1.29, 1.82) is 0 Å². The van der Waals surface area contributed by atoms with Crippen LogP contribution >= 0.6 is 0 Å². The molecule has 0 aliphatic rings. The first-order valence-corrected chi connectivity index (χ1v) is 9.88. The van der Waals surface area contributed by atoms with Gasteiger partial charge in [0, 0.05) is 13.1 Å². The predicted molar refractivity (Wildman–Crippen MR) is 115 cm³/mol. The summed E-state index contributed by atoms with van der Waals surface area (Å²) >= 11 is 0. The number of hydrogen-bond acceptors (Lipinski definition) is 6. The van der Waals surface area contributed by atoms with Crippen molar-refractivity contribution in [3.63, 3.8) is 0 Å². The lowest BCUT2D eigenvalue weighted by molar-refractivity contribution is -0.121. The average molecular weight is 416 g/mol. The third-order valence-corrected chi connectivity index (χ3v) is 4.91. The Morgan fingerprint density at radius 1 is 1.17 bits per heavy atom. The number of amides is 1. The molecule has 2 rings (SSSR count). The number of nitrogens with one attached hydrogen (secondary N) is 1. The molecular formula is C21H28N4O5. The molecule has 30 heavy (non-hydrogen) atoms. The van der Waals surface area contributed by atoms with Gasteiger partial charge in [-0.05, 0) is 50.5 Å². The van der Waals surface area contributed by atoms with Gasteiger partial charge >= 0.3 is 11.7 Å². The van der Waals surface area contributed by atoms with Crippen molar-refractivity contribution in [2.75, 3.05) is 23.8 Å². The molecule has 3 N–H and O–H groups in total. The van der Waals surface area contributed by atoms with E-state index >= 15 is 0 Å². The summed E-state index contributed by atoms with van der Waals surface area (Å²) in [6, 6.07) is 5.11. The fraction of sp³-hybridized carbons (Fsp3) is 0.429. The Morgan fingerprint density at radius 3 is 2.47 bits per heavy atom. The SMILES string of the molecule is CCCCn1c(N)c(N(CC)C(=O)COC(=O)c2ccc(C)c(C)c2)c(=O)[nH]c1=O. The zero-order valence-corrected chi connectivity index (χ0v) is 17.8. The summed E-state index contributed by atoms with van der Waals surface area (Å²) in [6.07, 6.45) is 1.51. The molecule has 0 saturated heterocycles. The molecular weight excluding hydrogens is 388 g/mol. The molecule has 0 spiro atoms. The second-order valence-corrected chi connectivity index (χ2v) is 7.01. The summed E-state index contributed by atoms with van der Waals surface area (Å²) in [6.45, 7) is 7.28. The van der Waals surface area contributed by atoms with E-state index in [4.69, 9.17) is 10.5 Å². The molecule has 0 fully saturated rings. The van der Waals surface area contributed by atoms with Crippen LogP contribution in [-0.4, -0.2) is 34.6 Å². The van der Waals surface area contributed by atoms with Crippen LogP contribution in [0.3, 0.4) is 0 Å². The minimum Gasteiger partial charge on any atom is -0.452 e. The fourth-order valence-electron chi connectivity index (χ4n) is 2.99. The minimum absolute atomic E-state index is 0.0899. The van der Waals surface area contributed by atoms with Gasteiger partial charge in [0.2, 0.25) is 0 Å². The van der Waals surface area contributed by atoms with Gasteiger partial charge in [0.15, 0.2) is 12.3 Å². The summed E-state index contributed by atoms with van der Waals surface area (Å²) in [5, 5.41) is 0. The Balaban J connectivity index is 2.24. The maximum Gasteiger partial charge on any atom is 0.338 e. The standard InChI is InChI=1S/C21H28N4O5/c1-5-7-10-25-18(22)17(19(27)23-21(25)29)24(6-2)16(26)12-30-20(28)15-9-8-13(3)14(4)11-15/h8-9,11H,5-7,10,12,22H2,1-4H3,(H,23,27,29). The van der Waals surface area contributed by atoms with E-state index in [9.17, 15) is 19.2 Å². The molecule has 162 valence electrons. The number of nitrogens with zero attached hydrogens (tertiary/aromatic N) is 2. The molecule has 2 aromatic rings. The zero-order valence-electron chi connectivity index (χ0n) is 17.8. The van der Waals surface area contributed by atoms with Crippen LogP contribution in [0.2, 0.25) is 0 Å². The van der Waals surface area contributed by atoms with Crippen molar-refractivity contribution < 1.29 is 14.3 Å². The first-order chi connectivity index (χ1) is 14.2. The molecule has 1 aromatic carbocycles. The van der Waals surface area contributed by atoms with Gasteiger partial charge in [-0.3, -0.25) is 19.1 Å². The molecule has 0 saturated carbocycles. The lowest BCUT2D eigenvalue weighted by Gasteiger charge is -2.23. The highest BCUT2D eigenvalue weighted by molar-refractivity contribution is 5.98. The number of ether oxygens (including phenoxy) is 1. The van der Waals surface area contributed by atoms with Crippen molar-refractivity contribution in [3.8, 4) is 0 Å². The fourth-order valence-corrected chi connectivity index (χ4v) is 2.99. The number of aromatic nitrogens is 2. The van der Waals surface area contributed by atoms with E-state index in [1.165, 1.54) is 4.57 Å². The Kier molecular flexibility index (Phi) is 7.57. The molecule has 9 heteroatoms. The number of carbonyl (C=O) groups is 2. The number of nitrogen functional groups attached to an aromatic ring is 1. The van der Waals surface area contributed by atoms with Crippen LogP contribution in [0.1, 0.15) is 48.2 Å². The highest BCUT2D eigenvalue weighted by Gasteiger charge is 2.24. The van der Waals surface area contributed by atoms with Gasteiger partial charge < -0.3 is 15.4 Å². The van der Waals surface area contributed by atoms with E-state index < -0.39 is 29.7 Å². The molecule has 0 atom stereocenters. The summed E-state index contributed by atoms with van der Waals surface area (Å²) < 4.78 is 6.37. The Hall–Kier alpha value is -3.36. The summed E-state index contributed by atoms with van der Waals surface area (Å²) in [5.74, 6) is -1.35. The van der Waals surface area contributed by atoms with Crippen molar-refractivity contribution in [3.05, 3.63) is 55.7 Å². The molecule has 1 heterocycles. The molecule has 0 bridgehead atoms. The molecule has 0 aliphatic carbocycles. The smallest absolute Gasteiger partial charge is 0.338 e. The summed E-state index contributed by atoms with van der Waals surface area (Å²) in [4.78, 5) is 52.7. The number of unbranched alkanes of at least 4 members (excludes halogenated alkanes) is 1. The summed E-state index contributed by atoms with van der Waals surface area (Å²) in [7, 11) is 0. The number of likely N-dealkylation sites (N-methyl/N-ethyl adjacent to an activating group) is 1. The predicted octanol–water partition coefficient (Wildman–Crippen LogP) is 1.75. The van der Waals surface area contributed by atoms with Crippen LogP contribution < -0.4 is 21.9 Å². The quantitative estimate of drug-likeness (QED) is 0.631. The number of hydrogen-bond donors (Lipinski definition) is 2. The average Bonchev–Trinajstić information content (AvgIpc) is 2.70. The van der Waals surface area contributed by atoms with E-state index in [-0.39, 0.29) is 18.1 Å². The molecule has 9 nitrogen and oxygen atoms in total. The monoisotopic (exact) mass is 416 g/mol. The van der Waals surface area contributed by atoms with Crippen LogP contribution in [0.5, 0.6) is 0 Å². The number of nitrogens with two attached hydrogens (primary N) is 1. The maximum absolute atomic E-state index is 12.7. The second-order valence-electron chi connectivity index (χ2n) is 7.01. The molecule has 1 aromatic heterocycles. The number of benzene rings is 1. The highest BCUT2D eigenvalue weighted by Crippen LogP contribution is 2.17. The minimum atomic E-state index is -0.763. The number of esters is 1. The highest BCUT2D eigenvalue weighted by atomic mass is 16.5. The Morgan fingerprint density at radius 2 is 1.87 bits per heavy atom. The zero-order chi connectivity index (χ0) is 22.4. The van der Waals surface area contributed by atoms with Gasteiger partial charge in [-0.1, -0.05) is 19.4 Å². The maximum atomic E-state index is 12.7. The van der Waals surface area contributed by atoms with E-state index in [1.54, 1.807) is 25.1 Å². The van der Waals surface area contributed by atoms with Crippen molar-refractivity contribution in [2.24, 2.45) is 0 Å². The van der Waals surface area contributed by atoms with E-state index in [1.807, 2.05) is 20.8 Å². The van der Waals surface area contributed by atoms with Crippen molar-refractivity contribution >= 4 is 23.4 Å². The van der Waals surface area contributed by atoms with Crippen LogP contribution in [0.4, 0.5) is 11.5 Å². The topological polar surface area (TPSA) is 127 Å². The van der Waals surface area contributed by atoms with E-state index in [2.05, 4.69) is 4.98 Å². The second kappa shape index (κ2) is 9.91.